The highest BCUT2D eigenvalue weighted by Crippen LogP contribution is 2.12. The third kappa shape index (κ3) is 24.2. The summed E-state index contributed by atoms with van der Waals surface area (Å²) in [5.74, 6) is -6.58. The largest absolute Gasteiger partial charge is 0.480 e. The van der Waals surface area contributed by atoms with Crippen LogP contribution < -0.4 is 60.2 Å². The average molecular weight is 902 g/mol. The predicted octanol–water partition coefficient (Wildman–Crippen LogP) is -1.80. The van der Waals surface area contributed by atoms with E-state index in [2.05, 4.69) is 37.2 Å². The number of hydrogen-bond acceptors (Lipinski definition) is 13. The number of carbonyl (C=O) groups is 9. The summed E-state index contributed by atoms with van der Waals surface area (Å²) in [5.41, 5.74) is 22.4. The molecule has 0 rings (SSSR count). The van der Waals surface area contributed by atoms with Gasteiger partial charge in [0.15, 0.2) is 0 Å². The summed E-state index contributed by atoms with van der Waals surface area (Å²) in [6.07, 6.45) is 4.74. The summed E-state index contributed by atoms with van der Waals surface area (Å²) in [5, 5.41) is 27.5. The molecule has 21 nitrogen and oxygen atoms in total. The lowest BCUT2D eigenvalue weighted by molar-refractivity contribution is -0.142. The number of unbranched alkanes of at least 4 members (excludes halogenated alkanes) is 2. The monoisotopic (exact) mass is 902 g/mol. The van der Waals surface area contributed by atoms with Gasteiger partial charge in [0.2, 0.25) is 47.3 Å². The third-order valence-corrected chi connectivity index (χ3v) is 10.3. The van der Waals surface area contributed by atoms with E-state index in [0.717, 1.165) is 0 Å². The molecule has 356 valence electrons. The van der Waals surface area contributed by atoms with E-state index in [9.17, 15) is 48.3 Å². The minimum Gasteiger partial charge on any atom is -0.480 e. The van der Waals surface area contributed by atoms with Crippen LogP contribution in [0.2, 0.25) is 0 Å². The Morgan fingerprint density at radius 2 is 0.887 bits per heavy atom. The maximum Gasteiger partial charge on any atom is 0.326 e. The lowest BCUT2D eigenvalue weighted by Gasteiger charge is -2.28. The first-order valence-corrected chi connectivity index (χ1v) is 22.8. The Kier molecular flexibility index (Phi) is 29.0. The van der Waals surface area contributed by atoms with Gasteiger partial charge in [0, 0.05) is 6.42 Å². The number of nitrogens with two attached hydrogens (primary N) is 4. The van der Waals surface area contributed by atoms with Gasteiger partial charge in [-0.25, -0.2) is 4.79 Å². The first-order valence-electron chi connectivity index (χ1n) is 21.4. The van der Waals surface area contributed by atoms with E-state index in [0.29, 0.717) is 50.9 Å². The second-order valence-corrected chi connectivity index (χ2v) is 17.3. The van der Waals surface area contributed by atoms with Crippen molar-refractivity contribution in [3.8, 4) is 0 Å². The van der Waals surface area contributed by atoms with Crippen LogP contribution in [0.15, 0.2) is 0 Å². The van der Waals surface area contributed by atoms with Crippen molar-refractivity contribution in [1.82, 2.24) is 37.2 Å². The first-order chi connectivity index (χ1) is 29.1. The Hall–Kier alpha value is -4.54. The van der Waals surface area contributed by atoms with E-state index in [1.54, 1.807) is 0 Å². The van der Waals surface area contributed by atoms with E-state index < -0.39 is 102 Å². The van der Waals surface area contributed by atoms with Crippen molar-refractivity contribution in [2.75, 3.05) is 25.1 Å². The van der Waals surface area contributed by atoms with Crippen LogP contribution in [-0.4, -0.2) is 132 Å². The van der Waals surface area contributed by atoms with Crippen molar-refractivity contribution in [2.24, 2.45) is 34.8 Å². The van der Waals surface area contributed by atoms with Crippen LogP contribution in [0.4, 0.5) is 0 Å². The van der Waals surface area contributed by atoms with E-state index in [-0.39, 0.29) is 50.4 Å². The standard InChI is InChI=1S/C40H75N11O10S/c1-22(2)20-30(38(58)46-24(5)33(53)45-25(6)34(54)49-29(40(60)61)14-15-32(44)52)51-36(56)27(13-9-11-18-42)47-37(57)28(16-19-62-7)48-39(59)31(21-23(3)4)50-35(55)26(43)12-8-10-17-41/h22-31H,8-21,41-43H2,1-7H3,(H2,44,52)(H,45,53)(H,46,58)(H,47,57)(H,48,59)(H,49,54)(H,50,55)(H,51,56)(H,60,61)/t24-,25-,26-,27-,28-,29-,30-,31-/m0/s1. The fraction of sp³-hybridized carbons (Fsp3) is 0.775. The normalized spacial score (nSPS) is 15.1. The molecule has 62 heavy (non-hydrogen) atoms. The van der Waals surface area contributed by atoms with Crippen LogP contribution in [0.3, 0.4) is 0 Å². The highest BCUT2D eigenvalue weighted by molar-refractivity contribution is 7.98. The molecule has 8 amide bonds. The highest BCUT2D eigenvalue weighted by Gasteiger charge is 2.33. The molecule has 0 saturated heterocycles. The summed E-state index contributed by atoms with van der Waals surface area (Å²) < 4.78 is 0. The molecule has 0 aromatic carbocycles. The van der Waals surface area contributed by atoms with Gasteiger partial charge in [0.25, 0.3) is 0 Å². The second-order valence-electron chi connectivity index (χ2n) is 16.3. The number of nitrogens with one attached hydrogen (secondary N) is 7. The minimum absolute atomic E-state index is 0.00265. The van der Waals surface area contributed by atoms with Gasteiger partial charge in [-0.05, 0) is 109 Å². The third-order valence-electron chi connectivity index (χ3n) is 9.61. The van der Waals surface area contributed by atoms with Crippen molar-refractivity contribution >= 4 is 65.0 Å². The van der Waals surface area contributed by atoms with Crippen molar-refractivity contribution in [1.29, 1.82) is 0 Å². The molecular formula is C40H75N11O10S. The Bertz CT molecular complexity index is 1470. The van der Waals surface area contributed by atoms with E-state index >= 15 is 0 Å². The van der Waals surface area contributed by atoms with Crippen molar-refractivity contribution in [2.45, 2.75) is 161 Å². The second kappa shape index (κ2) is 31.3. The van der Waals surface area contributed by atoms with Crippen molar-refractivity contribution in [3.63, 3.8) is 0 Å². The van der Waals surface area contributed by atoms with Crippen LogP contribution in [0.25, 0.3) is 0 Å². The van der Waals surface area contributed by atoms with Gasteiger partial charge in [-0.2, -0.15) is 11.8 Å². The highest BCUT2D eigenvalue weighted by atomic mass is 32.2. The molecule has 16 N–H and O–H groups in total. The van der Waals surface area contributed by atoms with Crippen molar-refractivity contribution in [3.05, 3.63) is 0 Å². The molecule has 0 bridgehead atoms. The average Bonchev–Trinajstić information content (AvgIpc) is 3.18. The topological polar surface area (TPSA) is 362 Å². The number of amides is 8. The summed E-state index contributed by atoms with van der Waals surface area (Å²) >= 11 is 1.45. The lowest BCUT2D eigenvalue weighted by Crippen LogP contribution is -2.60. The molecule has 8 atom stereocenters. The summed E-state index contributed by atoms with van der Waals surface area (Å²) in [4.78, 5) is 116. The fourth-order valence-corrected chi connectivity index (χ4v) is 6.50. The van der Waals surface area contributed by atoms with Gasteiger partial charge in [-0.15, -0.1) is 0 Å². The molecule has 0 spiro atoms. The van der Waals surface area contributed by atoms with Gasteiger partial charge in [-0.1, -0.05) is 34.1 Å². The number of primary amides is 1. The van der Waals surface area contributed by atoms with Gasteiger partial charge < -0.3 is 65.3 Å². The van der Waals surface area contributed by atoms with Crippen LogP contribution in [0, 0.1) is 11.8 Å². The Morgan fingerprint density at radius 3 is 1.34 bits per heavy atom. The number of carbonyl (C=O) groups excluding carboxylic acids is 8. The molecule has 22 heteroatoms. The smallest absolute Gasteiger partial charge is 0.326 e. The van der Waals surface area contributed by atoms with Gasteiger partial charge in [-0.3, -0.25) is 38.4 Å². The molecular weight excluding hydrogens is 827 g/mol. The van der Waals surface area contributed by atoms with Crippen LogP contribution >= 0.6 is 11.8 Å². The number of carboxylic acid groups (broad SMARTS) is 1. The molecule has 0 saturated carbocycles. The summed E-state index contributed by atoms with van der Waals surface area (Å²) in [7, 11) is 0. The number of rotatable bonds is 33. The molecule has 0 aliphatic carbocycles. The molecule has 0 heterocycles. The zero-order chi connectivity index (χ0) is 47.5. The Balaban J connectivity index is 6.08. The molecule has 0 aromatic rings. The predicted molar refractivity (Wildman–Crippen MR) is 237 cm³/mol. The SMILES string of the molecule is CSCC[C@H](NC(=O)[C@H](CC(C)C)NC(=O)[C@@H](N)CCCCN)C(=O)N[C@@H](CCCCN)C(=O)N[C@@H](CC(C)C)C(=O)N[C@@H](C)C(=O)N[C@@H](C)C(=O)N[C@@H](CCC(N)=O)C(=O)O. The molecule has 0 unspecified atom stereocenters. The molecule has 0 radical (unpaired) electrons. The van der Waals surface area contributed by atoms with Gasteiger partial charge in [0.05, 0.1) is 6.04 Å². The summed E-state index contributed by atoms with van der Waals surface area (Å²) in [6.45, 7) is 10.9. The van der Waals surface area contributed by atoms with Gasteiger partial charge in [0.1, 0.15) is 42.3 Å². The maximum absolute atomic E-state index is 13.9. The minimum atomic E-state index is -1.43. The number of aliphatic carboxylic acids is 1. The first kappa shape index (κ1) is 57.5. The van der Waals surface area contributed by atoms with Crippen LogP contribution in [0.5, 0.6) is 0 Å². The zero-order valence-corrected chi connectivity index (χ0v) is 38.3. The lowest BCUT2D eigenvalue weighted by atomic mass is 10.0. The Morgan fingerprint density at radius 1 is 0.500 bits per heavy atom. The van der Waals surface area contributed by atoms with Crippen LogP contribution in [0.1, 0.15) is 112 Å². The van der Waals surface area contributed by atoms with E-state index in [4.69, 9.17) is 22.9 Å². The van der Waals surface area contributed by atoms with Gasteiger partial charge >= 0.3 is 5.97 Å². The van der Waals surface area contributed by atoms with E-state index in [1.807, 2.05) is 34.0 Å². The molecule has 0 aromatic heterocycles. The van der Waals surface area contributed by atoms with E-state index in [1.165, 1.54) is 25.6 Å². The van der Waals surface area contributed by atoms with Crippen molar-refractivity contribution < 1.29 is 48.3 Å². The maximum atomic E-state index is 13.9. The number of thioether (sulfide) groups is 1. The molecule has 0 fully saturated rings. The summed E-state index contributed by atoms with van der Waals surface area (Å²) in [6, 6.07) is -9.12. The number of hydrogen-bond donors (Lipinski definition) is 12. The molecule has 0 aliphatic heterocycles. The molecule has 0 aliphatic rings. The zero-order valence-electron chi connectivity index (χ0n) is 37.5. The van der Waals surface area contributed by atoms with Crippen LogP contribution in [-0.2, 0) is 43.2 Å². The number of carboxylic acids is 1. The quantitative estimate of drug-likeness (QED) is 0.0324. The fourth-order valence-electron chi connectivity index (χ4n) is 6.03. The Labute approximate surface area is 370 Å².